The Morgan fingerprint density at radius 3 is 2.47 bits per heavy atom. The van der Waals surface area contributed by atoms with Crippen molar-refractivity contribution >= 4 is 38.9 Å². The average Bonchev–Trinajstić information content (AvgIpc) is 3.38. The molecule has 1 fully saturated rings. The van der Waals surface area contributed by atoms with Gasteiger partial charge < -0.3 is 9.84 Å². The Morgan fingerprint density at radius 1 is 1.11 bits per heavy atom. The summed E-state index contributed by atoms with van der Waals surface area (Å²) in [6, 6.07) is 14.5. The summed E-state index contributed by atoms with van der Waals surface area (Å²) in [5.74, 6) is 1.24. The number of carbonyl (C=O) groups excluding carboxylic acids is 1. The molecule has 0 spiro atoms. The minimum Gasteiger partial charge on any atom is -0.508 e. The highest BCUT2D eigenvalue weighted by Gasteiger charge is 2.32. The highest BCUT2D eigenvalue weighted by molar-refractivity contribution is 7.79. The Balaban J connectivity index is 1.27. The number of ether oxygens (including phenoxy) is 1. The molecule has 2 aromatic carbocycles. The van der Waals surface area contributed by atoms with Crippen molar-refractivity contribution in [3.05, 3.63) is 93.2 Å². The molecule has 1 aliphatic carbocycles. The van der Waals surface area contributed by atoms with Gasteiger partial charge in [-0.05, 0) is 92.9 Å². The molecule has 0 radical (unpaired) electrons. The maximum absolute atomic E-state index is 13.3. The predicted octanol–water partition coefficient (Wildman–Crippen LogP) is 8.43. The van der Waals surface area contributed by atoms with Gasteiger partial charge in [-0.2, -0.15) is 0 Å². The normalized spacial score (nSPS) is 19.8. The number of piperidine rings is 1. The maximum Gasteiger partial charge on any atom is 0.338 e. The summed E-state index contributed by atoms with van der Waals surface area (Å²) in [5, 5.41) is 11.9. The molecule has 1 N–H and O–H groups in total. The topological polar surface area (TPSA) is 49.8 Å². The lowest BCUT2D eigenvalue weighted by Crippen LogP contribution is -2.44. The van der Waals surface area contributed by atoms with Crippen LogP contribution in [0.1, 0.15) is 54.6 Å². The van der Waals surface area contributed by atoms with Crippen molar-refractivity contribution < 1.29 is 14.6 Å². The maximum atomic E-state index is 13.3. The number of likely N-dealkylation sites (tertiary alicyclic amines) is 1. The second-order valence-corrected chi connectivity index (χ2v) is 13.0. The number of allylic oxidation sites excluding steroid dienone is 4. The third kappa shape index (κ3) is 6.52. The highest BCUT2D eigenvalue weighted by atomic mass is 32.9. The van der Waals surface area contributed by atoms with E-state index in [9.17, 15) is 9.90 Å². The molecule has 1 aromatic heterocycles. The zero-order chi connectivity index (χ0) is 26.5. The van der Waals surface area contributed by atoms with Gasteiger partial charge in [0.05, 0.1) is 5.56 Å². The van der Waals surface area contributed by atoms with E-state index in [1.54, 1.807) is 32.8 Å². The van der Waals surface area contributed by atoms with Crippen molar-refractivity contribution in [3.63, 3.8) is 0 Å². The van der Waals surface area contributed by atoms with Gasteiger partial charge in [0.1, 0.15) is 15.7 Å². The number of phenols is 1. The minimum absolute atomic E-state index is 0.0105. The standard InChI is InChI=1S/C31H33NO3S3/c1-21(32-17-15-23(16-18-32)19-22-5-3-2-4-6-22)29(25-11-13-27(33)14-12-25)35-30(34)26-9-7-24(8-10-26)28-20-37-38-31(28)36/h2-5,7-14,20-23,29,33H,6,15-19H2,1H3. The van der Waals surface area contributed by atoms with Crippen LogP contribution >= 0.6 is 32.9 Å². The molecule has 4 nitrogen and oxygen atoms in total. The monoisotopic (exact) mass is 563 g/mol. The first-order valence-corrected chi connectivity index (χ1v) is 15.9. The second kappa shape index (κ2) is 12.5. The first-order chi connectivity index (χ1) is 18.5. The van der Waals surface area contributed by atoms with Crippen molar-refractivity contribution in [2.24, 2.45) is 11.8 Å². The number of aromatic hydroxyl groups is 1. The van der Waals surface area contributed by atoms with Crippen LogP contribution in [-0.2, 0) is 4.74 Å². The van der Waals surface area contributed by atoms with E-state index in [1.165, 1.54) is 6.42 Å². The zero-order valence-corrected chi connectivity index (χ0v) is 23.9. The first kappa shape index (κ1) is 27.0. The third-order valence-electron chi connectivity index (χ3n) is 7.77. The summed E-state index contributed by atoms with van der Waals surface area (Å²) >= 11 is 5.42. The molecule has 0 saturated carbocycles. The Kier molecular flexibility index (Phi) is 8.89. The van der Waals surface area contributed by atoms with Crippen molar-refractivity contribution in [2.45, 2.75) is 44.8 Å². The molecule has 0 amide bonds. The van der Waals surface area contributed by atoms with Crippen LogP contribution in [0.2, 0.25) is 0 Å². The summed E-state index contributed by atoms with van der Waals surface area (Å²) in [7, 11) is 3.20. The smallest absolute Gasteiger partial charge is 0.338 e. The number of esters is 1. The average molecular weight is 564 g/mol. The van der Waals surface area contributed by atoms with Gasteiger partial charge in [-0.15, -0.1) is 0 Å². The lowest BCUT2D eigenvalue weighted by molar-refractivity contribution is -0.00676. The molecule has 1 saturated heterocycles. The van der Waals surface area contributed by atoms with Gasteiger partial charge in [0, 0.05) is 17.0 Å². The SMILES string of the molecule is CC(C(OC(=O)c1ccc(-c2cssc2=S)cc1)c1ccc(O)cc1)N1CCC(CC2C=CC=CC2)CC1. The molecule has 3 aromatic rings. The van der Waals surface area contributed by atoms with Crippen molar-refractivity contribution in [1.82, 2.24) is 4.90 Å². The van der Waals surface area contributed by atoms with Crippen molar-refractivity contribution in [1.29, 1.82) is 0 Å². The van der Waals surface area contributed by atoms with Gasteiger partial charge in [0.15, 0.2) is 0 Å². The van der Waals surface area contributed by atoms with Crippen LogP contribution < -0.4 is 0 Å². The summed E-state index contributed by atoms with van der Waals surface area (Å²) < 4.78 is 7.05. The van der Waals surface area contributed by atoms with E-state index in [1.807, 2.05) is 36.4 Å². The number of nitrogens with zero attached hydrogens (tertiary/aromatic N) is 1. The molecule has 198 valence electrons. The van der Waals surface area contributed by atoms with Crippen LogP contribution in [0.15, 0.2) is 78.2 Å². The quantitative estimate of drug-likeness (QED) is 0.169. The fraction of sp³-hybridized carbons (Fsp3) is 0.355. The second-order valence-electron chi connectivity index (χ2n) is 10.3. The van der Waals surface area contributed by atoms with Crippen LogP contribution in [0.5, 0.6) is 5.75 Å². The summed E-state index contributed by atoms with van der Waals surface area (Å²) in [6.45, 7) is 4.12. The van der Waals surface area contributed by atoms with Gasteiger partial charge >= 0.3 is 5.97 Å². The Hall–Kier alpha value is -2.58. The van der Waals surface area contributed by atoms with E-state index >= 15 is 0 Å². The van der Waals surface area contributed by atoms with E-state index in [2.05, 4.69) is 41.5 Å². The Bertz CT molecular complexity index is 1330. The van der Waals surface area contributed by atoms with Crippen LogP contribution in [0.4, 0.5) is 0 Å². The zero-order valence-electron chi connectivity index (χ0n) is 21.5. The summed E-state index contributed by atoms with van der Waals surface area (Å²) in [5.41, 5.74) is 3.44. The van der Waals surface area contributed by atoms with Gasteiger partial charge in [0.25, 0.3) is 0 Å². The van der Waals surface area contributed by atoms with Crippen LogP contribution in [-0.4, -0.2) is 35.1 Å². The first-order valence-electron chi connectivity index (χ1n) is 13.2. The van der Waals surface area contributed by atoms with E-state index in [4.69, 9.17) is 17.0 Å². The van der Waals surface area contributed by atoms with Gasteiger partial charge in [0.2, 0.25) is 0 Å². The van der Waals surface area contributed by atoms with E-state index in [0.29, 0.717) is 11.5 Å². The Morgan fingerprint density at radius 2 is 1.84 bits per heavy atom. The van der Waals surface area contributed by atoms with Crippen LogP contribution in [0.3, 0.4) is 0 Å². The molecule has 38 heavy (non-hydrogen) atoms. The molecular formula is C31H33NO3S3. The molecule has 2 aliphatic rings. The van der Waals surface area contributed by atoms with E-state index in [-0.39, 0.29) is 17.8 Å². The number of carbonyl (C=O) groups is 1. The highest BCUT2D eigenvalue weighted by Crippen LogP contribution is 2.34. The fourth-order valence-corrected chi connectivity index (χ4v) is 7.89. The largest absolute Gasteiger partial charge is 0.508 e. The minimum atomic E-state index is -0.441. The lowest BCUT2D eigenvalue weighted by atomic mass is 9.84. The van der Waals surface area contributed by atoms with Crippen LogP contribution in [0.25, 0.3) is 11.1 Å². The number of rotatable bonds is 8. The molecule has 3 unspecified atom stereocenters. The van der Waals surface area contributed by atoms with Gasteiger partial charge in [-0.3, -0.25) is 4.90 Å². The summed E-state index contributed by atoms with van der Waals surface area (Å²) in [4.78, 5) is 15.8. The summed E-state index contributed by atoms with van der Waals surface area (Å²) in [6.07, 6.45) is 13.2. The predicted molar refractivity (Wildman–Crippen MR) is 159 cm³/mol. The third-order valence-corrected chi connectivity index (χ3v) is 10.4. The Labute approximate surface area is 237 Å². The molecule has 5 rings (SSSR count). The van der Waals surface area contributed by atoms with E-state index < -0.39 is 6.10 Å². The van der Waals surface area contributed by atoms with Gasteiger partial charge in [-0.25, -0.2) is 4.79 Å². The van der Waals surface area contributed by atoms with Gasteiger partial charge in [-0.1, -0.05) is 81.5 Å². The molecule has 1 aliphatic heterocycles. The molecular weight excluding hydrogens is 531 g/mol. The molecule has 3 atom stereocenters. The lowest BCUT2D eigenvalue weighted by Gasteiger charge is -2.39. The fourth-order valence-electron chi connectivity index (χ4n) is 5.50. The number of hydrogen-bond donors (Lipinski definition) is 1. The van der Waals surface area contributed by atoms with E-state index in [0.717, 1.165) is 58.8 Å². The molecule has 7 heteroatoms. The van der Waals surface area contributed by atoms with Crippen molar-refractivity contribution in [2.75, 3.05) is 13.1 Å². The van der Waals surface area contributed by atoms with Crippen molar-refractivity contribution in [3.8, 4) is 16.9 Å². The molecule has 2 heterocycles. The van der Waals surface area contributed by atoms with Crippen LogP contribution in [0, 0.1) is 15.7 Å². The number of phenolic OH excluding ortho intramolecular Hbond substituents is 1. The molecule has 0 bridgehead atoms. The number of hydrogen-bond acceptors (Lipinski definition) is 7. The number of benzene rings is 2.